The average molecular weight is 317 g/mol. The molecule has 6 heteroatoms. The zero-order chi connectivity index (χ0) is 14.0. The van der Waals surface area contributed by atoms with E-state index in [2.05, 4.69) is 9.72 Å². The number of carbonyl (C=O) groups is 1. The Morgan fingerprint density at radius 1 is 1.16 bits per heavy atom. The van der Waals surface area contributed by atoms with Gasteiger partial charge >= 0.3 is 5.97 Å². The van der Waals surface area contributed by atoms with Crippen LogP contribution < -0.4 is 0 Å². The van der Waals surface area contributed by atoms with E-state index in [1.165, 1.54) is 13.3 Å². The number of pyridine rings is 1. The molecule has 2 rings (SSSR count). The van der Waals surface area contributed by atoms with Crippen molar-refractivity contribution in [2.24, 2.45) is 0 Å². The summed E-state index contributed by atoms with van der Waals surface area (Å²) in [6.45, 7) is 0. The Morgan fingerprint density at radius 2 is 1.89 bits per heavy atom. The maximum atomic E-state index is 11.5. The number of hydrogen-bond donors (Lipinski definition) is 0. The van der Waals surface area contributed by atoms with Crippen LogP contribution >= 0.6 is 34.8 Å². The van der Waals surface area contributed by atoms with E-state index in [1.54, 1.807) is 24.3 Å². The van der Waals surface area contributed by atoms with Gasteiger partial charge in [-0.15, -0.1) is 0 Å². The maximum Gasteiger partial charge on any atom is 0.339 e. The van der Waals surface area contributed by atoms with Gasteiger partial charge < -0.3 is 4.74 Å². The monoisotopic (exact) mass is 315 g/mol. The molecule has 1 aromatic heterocycles. The summed E-state index contributed by atoms with van der Waals surface area (Å²) in [5.41, 5.74) is 1.42. The molecule has 0 radical (unpaired) electrons. The predicted octanol–water partition coefficient (Wildman–Crippen LogP) is 4.50. The minimum atomic E-state index is -0.497. The molecule has 0 bridgehead atoms. The summed E-state index contributed by atoms with van der Waals surface area (Å²) in [6.07, 6.45) is 1.34. The van der Waals surface area contributed by atoms with E-state index in [-0.39, 0.29) is 10.7 Å². The van der Waals surface area contributed by atoms with Crippen LogP contribution in [0.4, 0.5) is 0 Å². The highest BCUT2D eigenvalue weighted by atomic mass is 35.5. The summed E-state index contributed by atoms with van der Waals surface area (Å²) < 4.78 is 4.64. The molecule has 0 N–H and O–H groups in total. The van der Waals surface area contributed by atoms with E-state index in [1.807, 2.05) is 0 Å². The lowest BCUT2D eigenvalue weighted by Gasteiger charge is -2.08. The predicted molar refractivity (Wildman–Crippen MR) is 76.0 cm³/mol. The number of methoxy groups -OCH3 is 1. The van der Waals surface area contributed by atoms with Crippen molar-refractivity contribution in [3.05, 3.63) is 51.2 Å². The van der Waals surface area contributed by atoms with Crippen molar-refractivity contribution in [3.63, 3.8) is 0 Å². The zero-order valence-corrected chi connectivity index (χ0v) is 12.1. The van der Waals surface area contributed by atoms with Crippen LogP contribution in [0, 0.1) is 0 Å². The summed E-state index contributed by atoms with van der Waals surface area (Å²) in [5.74, 6) is -0.497. The van der Waals surface area contributed by atoms with Gasteiger partial charge in [-0.05, 0) is 24.3 Å². The molecule has 0 saturated carbocycles. The van der Waals surface area contributed by atoms with E-state index in [4.69, 9.17) is 34.8 Å². The lowest BCUT2D eigenvalue weighted by Crippen LogP contribution is -2.02. The van der Waals surface area contributed by atoms with Crippen molar-refractivity contribution in [2.45, 2.75) is 0 Å². The second kappa shape index (κ2) is 5.78. The molecule has 0 unspecified atom stereocenters. The van der Waals surface area contributed by atoms with Gasteiger partial charge in [-0.1, -0.05) is 34.8 Å². The van der Waals surface area contributed by atoms with E-state index >= 15 is 0 Å². The molecular weight excluding hydrogens is 309 g/mol. The van der Waals surface area contributed by atoms with Gasteiger partial charge in [-0.3, -0.25) is 0 Å². The Bertz CT molecular complexity index is 644. The molecular formula is C13H8Cl3NO2. The number of esters is 1. The number of rotatable bonds is 2. The molecule has 98 valence electrons. The lowest BCUT2D eigenvalue weighted by molar-refractivity contribution is 0.0600. The molecule has 0 saturated heterocycles. The first-order chi connectivity index (χ1) is 9.02. The molecule has 1 aromatic carbocycles. The van der Waals surface area contributed by atoms with Crippen LogP contribution in [0.1, 0.15) is 10.4 Å². The molecule has 1 heterocycles. The number of hydrogen-bond acceptors (Lipinski definition) is 3. The Labute approximate surface area is 125 Å². The van der Waals surface area contributed by atoms with Gasteiger partial charge in [0.2, 0.25) is 0 Å². The van der Waals surface area contributed by atoms with Crippen molar-refractivity contribution in [2.75, 3.05) is 7.11 Å². The highest BCUT2D eigenvalue weighted by Gasteiger charge is 2.14. The SMILES string of the molecule is COC(=O)c1cnc(Cl)c(-c2cc(Cl)ccc2Cl)c1. The summed E-state index contributed by atoms with van der Waals surface area (Å²) in [6, 6.07) is 6.55. The highest BCUT2D eigenvalue weighted by molar-refractivity contribution is 6.37. The zero-order valence-electron chi connectivity index (χ0n) is 9.78. The molecule has 0 aliphatic carbocycles. The number of aromatic nitrogens is 1. The Morgan fingerprint density at radius 3 is 2.58 bits per heavy atom. The first-order valence-corrected chi connectivity index (χ1v) is 6.35. The van der Waals surface area contributed by atoms with Gasteiger partial charge in [0.15, 0.2) is 0 Å². The van der Waals surface area contributed by atoms with Crippen molar-refractivity contribution < 1.29 is 9.53 Å². The van der Waals surface area contributed by atoms with Gasteiger partial charge in [0, 0.05) is 27.4 Å². The summed E-state index contributed by atoms with van der Waals surface area (Å²) in [4.78, 5) is 15.5. The van der Waals surface area contributed by atoms with Gasteiger partial charge in [-0.25, -0.2) is 9.78 Å². The number of benzene rings is 1. The smallest absolute Gasteiger partial charge is 0.339 e. The van der Waals surface area contributed by atoms with Crippen LogP contribution in [0.15, 0.2) is 30.5 Å². The van der Waals surface area contributed by atoms with Crippen LogP contribution in [-0.4, -0.2) is 18.1 Å². The fourth-order valence-corrected chi connectivity index (χ4v) is 2.17. The van der Waals surface area contributed by atoms with Crippen LogP contribution in [0.2, 0.25) is 15.2 Å². The molecule has 2 aromatic rings. The Kier molecular flexibility index (Phi) is 4.30. The van der Waals surface area contributed by atoms with Crippen LogP contribution in [0.25, 0.3) is 11.1 Å². The normalized spacial score (nSPS) is 10.3. The first-order valence-electron chi connectivity index (χ1n) is 5.22. The third-order valence-electron chi connectivity index (χ3n) is 2.48. The third kappa shape index (κ3) is 3.00. The fraction of sp³-hybridized carbons (Fsp3) is 0.0769. The van der Waals surface area contributed by atoms with E-state index in [9.17, 15) is 4.79 Å². The van der Waals surface area contributed by atoms with Gasteiger partial charge in [0.25, 0.3) is 0 Å². The first kappa shape index (κ1) is 14.1. The molecule has 0 fully saturated rings. The van der Waals surface area contributed by atoms with Crippen molar-refractivity contribution in [1.29, 1.82) is 0 Å². The van der Waals surface area contributed by atoms with Crippen molar-refractivity contribution in [3.8, 4) is 11.1 Å². The lowest BCUT2D eigenvalue weighted by atomic mass is 10.1. The minimum Gasteiger partial charge on any atom is -0.465 e. The molecule has 3 nitrogen and oxygen atoms in total. The molecule has 19 heavy (non-hydrogen) atoms. The largest absolute Gasteiger partial charge is 0.465 e. The van der Waals surface area contributed by atoms with Crippen LogP contribution in [0.3, 0.4) is 0 Å². The fourth-order valence-electron chi connectivity index (χ4n) is 1.57. The number of nitrogens with zero attached hydrogens (tertiary/aromatic N) is 1. The Balaban J connectivity index is 2.61. The summed E-state index contributed by atoms with van der Waals surface area (Å²) in [5, 5.41) is 1.21. The molecule has 0 aliphatic heterocycles. The highest BCUT2D eigenvalue weighted by Crippen LogP contribution is 2.34. The van der Waals surface area contributed by atoms with E-state index in [0.29, 0.717) is 21.2 Å². The second-order valence-electron chi connectivity index (χ2n) is 3.68. The second-order valence-corrected chi connectivity index (χ2v) is 4.88. The number of halogens is 3. The van der Waals surface area contributed by atoms with Crippen LogP contribution in [0.5, 0.6) is 0 Å². The number of ether oxygens (including phenoxy) is 1. The maximum absolute atomic E-state index is 11.5. The topological polar surface area (TPSA) is 39.2 Å². The van der Waals surface area contributed by atoms with Crippen molar-refractivity contribution in [1.82, 2.24) is 4.98 Å². The average Bonchev–Trinajstić information content (AvgIpc) is 2.41. The van der Waals surface area contributed by atoms with Crippen LogP contribution in [-0.2, 0) is 4.74 Å². The van der Waals surface area contributed by atoms with Gasteiger partial charge in [0.1, 0.15) is 5.15 Å². The standard InChI is InChI=1S/C13H8Cl3NO2/c1-19-13(18)7-4-10(12(16)17-6-7)9-5-8(14)2-3-11(9)15/h2-6H,1H3. The number of carbonyl (C=O) groups excluding carboxylic acids is 1. The van der Waals surface area contributed by atoms with E-state index in [0.717, 1.165) is 0 Å². The Hall–Kier alpha value is -1.29. The quantitative estimate of drug-likeness (QED) is 0.605. The molecule has 0 aliphatic rings. The van der Waals surface area contributed by atoms with E-state index < -0.39 is 5.97 Å². The third-order valence-corrected chi connectivity index (χ3v) is 3.34. The molecule has 0 amide bonds. The van der Waals surface area contributed by atoms with Crippen molar-refractivity contribution >= 4 is 40.8 Å². The minimum absolute atomic E-state index is 0.233. The molecule has 0 atom stereocenters. The molecule has 0 spiro atoms. The summed E-state index contributed by atoms with van der Waals surface area (Å²) >= 11 is 18.1. The van der Waals surface area contributed by atoms with Gasteiger partial charge in [-0.2, -0.15) is 0 Å². The summed E-state index contributed by atoms with van der Waals surface area (Å²) in [7, 11) is 1.29. The van der Waals surface area contributed by atoms with Gasteiger partial charge in [0.05, 0.1) is 12.7 Å².